The Bertz CT molecular complexity index is 349. The smallest absolute Gasteiger partial charge is 0.141 e. The second-order valence-corrected chi connectivity index (χ2v) is 5.14. The van der Waals surface area contributed by atoms with Gasteiger partial charge in [-0.3, -0.25) is 0 Å². The van der Waals surface area contributed by atoms with E-state index in [0.717, 1.165) is 5.56 Å². The lowest BCUT2D eigenvalue weighted by Crippen LogP contribution is -1.90. The molecule has 0 unspecified atom stereocenters. The summed E-state index contributed by atoms with van der Waals surface area (Å²) in [6.07, 6.45) is 0.706. The summed E-state index contributed by atoms with van der Waals surface area (Å²) in [6, 6.07) is 4.58. The highest BCUT2D eigenvalue weighted by Gasteiger charge is 2.52. The largest absolute Gasteiger partial charge is 0.205 e. The number of alkyl halides is 2. The van der Waals surface area contributed by atoms with Crippen LogP contribution in [0.25, 0.3) is 0 Å². The van der Waals surface area contributed by atoms with Crippen LogP contribution in [0.1, 0.15) is 17.9 Å². The third kappa shape index (κ3) is 1.78. The van der Waals surface area contributed by atoms with Gasteiger partial charge in [0.25, 0.3) is 0 Å². The number of benzene rings is 1. The van der Waals surface area contributed by atoms with Crippen LogP contribution in [0.5, 0.6) is 0 Å². The van der Waals surface area contributed by atoms with Gasteiger partial charge >= 0.3 is 0 Å². The monoisotopic (exact) mass is 238 g/mol. The molecule has 0 N–H and O–H groups in total. The standard InChI is InChI=1S/C9H6Cl3F/c10-7-3-5(1-2-8(7)13)6-4-9(6,11)12/h1-3,6H,4H2/t6-/m0/s1. The minimum absolute atomic E-state index is 0.0916. The first-order valence-electron chi connectivity index (χ1n) is 3.83. The molecule has 4 heteroatoms. The molecular weight excluding hydrogens is 233 g/mol. The van der Waals surface area contributed by atoms with E-state index in [-0.39, 0.29) is 10.9 Å². The topological polar surface area (TPSA) is 0 Å². The Morgan fingerprint density at radius 3 is 2.46 bits per heavy atom. The predicted molar refractivity (Wildman–Crippen MR) is 53.2 cm³/mol. The summed E-state index contributed by atoms with van der Waals surface area (Å²) in [4.78, 5) is 0. The van der Waals surface area contributed by atoms with E-state index in [1.807, 2.05) is 0 Å². The van der Waals surface area contributed by atoms with Gasteiger partial charge in [-0.05, 0) is 24.1 Å². The Balaban J connectivity index is 2.29. The van der Waals surface area contributed by atoms with Gasteiger partial charge in [-0.2, -0.15) is 0 Å². The van der Waals surface area contributed by atoms with Gasteiger partial charge in [-0.15, -0.1) is 23.2 Å². The molecule has 2 rings (SSSR count). The van der Waals surface area contributed by atoms with E-state index in [2.05, 4.69) is 0 Å². The lowest BCUT2D eigenvalue weighted by Gasteiger charge is -2.01. The summed E-state index contributed by atoms with van der Waals surface area (Å²) in [5, 5.41) is 0.119. The first-order chi connectivity index (χ1) is 6.00. The van der Waals surface area contributed by atoms with Crippen LogP contribution in [-0.2, 0) is 0 Å². The molecule has 1 aliphatic carbocycles. The molecule has 13 heavy (non-hydrogen) atoms. The van der Waals surface area contributed by atoms with Gasteiger partial charge < -0.3 is 0 Å². The molecule has 0 amide bonds. The van der Waals surface area contributed by atoms with Crippen molar-refractivity contribution in [3.63, 3.8) is 0 Å². The molecule has 0 heterocycles. The summed E-state index contributed by atoms with van der Waals surface area (Å²) in [5.41, 5.74) is 0.899. The van der Waals surface area contributed by atoms with E-state index in [4.69, 9.17) is 34.8 Å². The van der Waals surface area contributed by atoms with Gasteiger partial charge in [0.05, 0.1) is 5.02 Å². The average molecular weight is 240 g/mol. The zero-order chi connectivity index (χ0) is 9.64. The minimum atomic E-state index is -0.679. The van der Waals surface area contributed by atoms with Crippen molar-refractivity contribution in [2.75, 3.05) is 0 Å². The second kappa shape index (κ2) is 3.01. The molecule has 1 saturated carbocycles. The van der Waals surface area contributed by atoms with Crippen LogP contribution in [0.15, 0.2) is 18.2 Å². The molecule has 0 aliphatic heterocycles. The van der Waals surface area contributed by atoms with Crippen LogP contribution in [0.4, 0.5) is 4.39 Å². The van der Waals surface area contributed by atoms with Crippen molar-refractivity contribution in [3.05, 3.63) is 34.6 Å². The van der Waals surface area contributed by atoms with Crippen LogP contribution in [0.3, 0.4) is 0 Å². The first-order valence-corrected chi connectivity index (χ1v) is 4.97. The quantitative estimate of drug-likeness (QED) is 0.646. The predicted octanol–water partition coefficient (Wildman–Crippen LogP) is 4.14. The summed E-state index contributed by atoms with van der Waals surface area (Å²) in [5.74, 6) is -0.324. The Morgan fingerprint density at radius 1 is 1.38 bits per heavy atom. The van der Waals surface area contributed by atoms with Crippen LogP contribution in [0.2, 0.25) is 5.02 Å². The van der Waals surface area contributed by atoms with E-state index in [1.54, 1.807) is 12.1 Å². The van der Waals surface area contributed by atoms with Crippen molar-refractivity contribution in [1.29, 1.82) is 0 Å². The van der Waals surface area contributed by atoms with Crippen LogP contribution in [0, 0.1) is 5.82 Å². The molecule has 1 aromatic rings. The number of rotatable bonds is 1. The maximum atomic E-state index is 12.8. The molecule has 0 bridgehead atoms. The van der Waals surface area contributed by atoms with Crippen LogP contribution < -0.4 is 0 Å². The van der Waals surface area contributed by atoms with Crippen molar-refractivity contribution in [1.82, 2.24) is 0 Å². The molecule has 70 valence electrons. The van der Waals surface area contributed by atoms with Crippen molar-refractivity contribution >= 4 is 34.8 Å². The summed E-state index contributed by atoms with van der Waals surface area (Å²) < 4.78 is 12.1. The van der Waals surface area contributed by atoms with Gasteiger partial charge in [0.1, 0.15) is 10.2 Å². The highest BCUT2D eigenvalue weighted by Crippen LogP contribution is 2.59. The van der Waals surface area contributed by atoms with E-state index in [0.29, 0.717) is 6.42 Å². The minimum Gasteiger partial charge on any atom is -0.205 e. The Kier molecular flexibility index (Phi) is 2.22. The van der Waals surface area contributed by atoms with Crippen LogP contribution >= 0.6 is 34.8 Å². The molecule has 0 nitrogen and oxygen atoms in total. The molecular formula is C9H6Cl3F. The fraction of sp³-hybridized carbons (Fsp3) is 0.333. The molecule has 0 spiro atoms. The third-order valence-corrected chi connectivity index (χ3v) is 3.30. The Labute approximate surface area is 90.6 Å². The van der Waals surface area contributed by atoms with Gasteiger partial charge in [-0.1, -0.05) is 17.7 Å². The van der Waals surface area contributed by atoms with Crippen molar-refractivity contribution in [2.24, 2.45) is 0 Å². The van der Waals surface area contributed by atoms with Crippen molar-refractivity contribution < 1.29 is 4.39 Å². The maximum Gasteiger partial charge on any atom is 0.141 e. The van der Waals surface area contributed by atoms with Gasteiger partial charge in [0.2, 0.25) is 0 Å². The zero-order valence-corrected chi connectivity index (χ0v) is 8.80. The van der Waals surface area contributed by atoms with Crippen molar-refractivity contribution in [3.8, 4) is 0 Å². The Hall–Kier alpha value is 0.0200. The van der Waals surface area contributed by atoms with E-state index < -0.39 is 10.2 Å². The van der Waals surface area contributed by atoms with Crippen LogP contribution in [-0.4, -0.2) is 4.33 Å². The van der Waals surface area contributed by atoms with E-state index in [9.17, 15) is 4.39 Å². The zero-order valence-electron chi connectivity index (χ0n) is 6.53. The summed E-state index contributed by atoms with van der Waals surface area (Å²) in [6.45, 7) is 0. The molecule has 1 fully saturated rings. The normalized spacial score (nSPS) is 24.5. The summed E-state index contributed by atoms with van der Waals surface area (Å²) in [7, 11) is 0. The molecule has 0 saturated heterocycles. The first kappa shape index (κ1) is 9.57. The van der Waals surface area contributed by atoms with Gasteiger partial charge in [-0.25, -0.2) is 4.39 Å². The SMILES string of the molecule is Fc1ccc([C@@H]2CC2(Cl)Cl)cc1Cl. The van der Waals surface area contributed by atoms with E-state index >= 15 is 0 Å². The highest BCUT2D eigenvalue weighted by molar-refractivity contribution is 6.51. The third-order valence-electron chi connectivity index (χ3n) is 2.17. The van der Waals surface area contributed by atoms with Gasteiger partial charge in [0, 0.05) is 5.92 Å². The number of hydrogen-bond donors (Lipinski definition) is 0. The van der Waals surface area contributed by atoms with E-state index in [1.165, 1.54) is 6.07 Å². The molecule has 1 aromatic carbocycles. The number of halogens is 4. The second-order valence-electron chi connectivity index (χ2n) is 3.19. The lowest BCUT2D eigenvalue weighted by atomic mass is 10.1. The maximum absolute atomic E-state index is 12.8. The summed E-state index contributed by atoms with van der Waals surface area (Å²) >= 11 is 17.3. The lowest BCUT2D eigenvalue weighted by molar-refractivity contribution is 0.627. The molecule has 1 atom stereocenters. The van der Waals surface area contributed by atoms with Crippen molar-refractivity contribution in [2.45, 2.75) is 16.7 Å². The highest BCUT2D eigenvalue weighted by atomic mass is 35.5. The average Bonchev–Trinajstić information content (AvgIpc) is 2.66. The fourth-order valence-corrected chi connectivity index (χ4v) is 2.05. The molecule has 0 radical (unpaired) electrons. The molecule has 1 aliphatic rings. The Morgan fingerprint density at radius 2 is 2.00 bits per heavy atom. The fourth-order valence-electron chi connectivity index (χ4n) is 1.30. The number of hydrogen-bond acceptors (Lipinski definition) is 0. The molecule has 0 aromatic heterocycles. The van der Waals surface area contributed by atoms with Gasteiger partial charge in [0.15, 0.2) is 0 Å².